The van der Waals surface area contributed by atoms with Crippen molar-refractivity contribution in [2.24, 2.45) is 0 Å². The molecule has 3 heterocycles. The number of furan rings is 1. The van der Waals surface area contributed by atoms with Gasteiger partial charge in [0.2, 0.25) is 0 Å². The van der Waals surface area contributed by atoms with Crippen LogP contribution in [0.15, 0.2) is 53.5 Å². The lowest BCUT2D eigenvalue weighted by atomic mass is 10.1. The van der Waals surface area contributed by atoms with Crippen LogP contribution in [-0.4, -0.2) is 33.9 Å². The maximum Gasteiger partial charge on any atom is 0.197 e. The smallest absolute Gasteiger partial charge is 0.197 e. The predicted molar refractivity (Wildman–Crippen MR) is 140 cm³/mol. The van der Waals surface area contributed by atoms with Gasteiger partial charge >= 0.3 is 0 Å². The molecule has 180 valence electrons. The van der Waals surface area contributed by atoms with E-state index in [9.17, 15) is 9.90 Å². The van der Waals surface area contributed by atoms with E-state index in [2.05, 4.69) is 60.2 Å². The van der Waals surface area contributed by atoms with Crippen LogP contribution in [0.5, 0.6) is 0 Å². The van der Waals surface area contributed by atoms with Crippen LogP contribution in [-0.2, 0) is 13.0 Å². The minimum Gasteiger partial charge on any atom is -0.449 e. The number of hydrogen-bond acceptors (Lipinski definition) is 7. The first-order chi connectivity index (χ1) is 16.6. The van der Waals surface area contributed by atoms with Gasteiger partial charge in [0, 0.05) is 46.3 Å². The molecular weight excluding hydrogens is 456 g/mol. The number of rotatable bonds is 5. The van der Waals surface area contributed by atoms with E-state index in [0.29, 0.717) is 22.7 Å². The highest BCUT2D eigenvalue weighted by molar-refractivity contribution is 6.84. The van der Waals surface area contributed by atoms with Crippen molar-refractivity contribution in [2.75, 3.05) is 5.32 Å². The van der Waals surface area contributed by atoms with Gasteiger partial charge in [-0.2, -0.15) is 0 Å². The van der Waals surface area contributed by atoms with E-state index in [0.717, 1.165) is 34.3 Å². The Morgan fingerprint density at radius 3 is 2.57 bits per heavy atom. The molecule has 1 aliphatic rings. The van der Waals surface area contributed by atoms with Crippen molar-refractivity contribution >= 4 is 36.2 Å². The van der Waals surface area contributed by atoms with E-state index in [1.165, 1.54) is 0 Å². The Bertz CT molecular complexity index is 1420. The summed E-state index contributed by atoms with van der Waals surface area (Å²) in [5.74, 6) is 1.19. The van der Waals surface area contributed by atoms with Crippen LogP contribution in [0.4, 0.5) is 11.4 Å². The van der Waals surface area contributed by atoms with E-state index >= 15 is 0 Å². The molecule has 0 fully saturated rings. The van der Waals surface area contributed by atoms with Crippen LogP contribution in [0.2, 0.25) is 23.7 Å². The zero-order chi connectivity index (χ0) is 25.0. The first-order valence-electron chi connectivity index (χ1n) is 11.8. The fourth-order valence-electron chi connectivity index (χ4n) is 4.62. The van der Waals surface area contributed by atoms with Crippen LogP contribution in [0.25, 0.3) is 22.6 Å². The second-order valence-electron chi connectivity index (χ2n) is 10.8. The van der Waals surface area contributed by atoms with Gasteiger partial charge in [0.25, 0.3) is 0 Å². The molecule has 1 atom stereocenters. The van der Waals surface area contributed by atoms with E-state index in [4.69, 9.17) is 4.42 Å². The second kappa shape index (κ2) is 8.39. The van der Waals surface area contributed by atoms with Crippen LogP contribution in [0.1, 0.15) is 42.3 Å². The topological polar surface area (TPSA) is 101 Å². The van der Waals surface area contributed by atoms with Crippen LogP contribution >= 0.6 is 0 Å². The first-order valence-corrected chi connectivity index (χ1v) is 14.9. The Kier molecular flexibility index (Phi) is 5.60. The third-order valence-electron chi connectivity index (χ3n) is 7.77. The van der Waals surface area contributed by atoms with Gasteiger partial charge in [0.1, 0.15) is 0 Å². The quantitative estimate of drug-likeness (QED) is 0.327. The standard InChI is InChI=1S/C27H30N4O3Si/c1-27(2,3)35(4,5)22-11-17-10-18(6-7-19(17)24(22)33)31-23-20-8-9-28-14-21(20)34-25(23)26-29-12-16(15-32)13-30-26/h6-10,12-14,22,31-32H,11,15H2,1-5H3. The summed E-state index contributed by atoms with van der Waals surface area (Å²) in [4.78, 5) is 26.3. The predicted octanol–water partition coefficient (Wildman–Crippen LogP) is 6.14. The number of aliphatic hydroxyl groups excluding tert-OH is 1. The Morgan fingerprint density at radius 2 is 1.89 bits per heavy atom. The zero-order valence-corrected chi connectivity index (χ0v) is 21.7. The SMILES string of the molecule is CC(C)(C)[Si](C)(C)C1Cc2cc(Nc3c(-c4ncc(CO)cn4)oc4cnccc34)ccc2C1=O. The van der Waals surface area contributed by atoms with Crippen molar-refractivity contribution < 1.29 is 14.3 Å². The van der Waals surface area contributed by atoms with Crippen LogP contribution in [0, 0.1) is 0 Å². The van der Waals surface area contributed by atoms with E-state index in [-0.39, 0.29) is 23.0 Å². The molecule has 5 rings (SSSR count). The third kappa shape index (κ3) is 3.96. The Labute approximate surface area is 205 Å². The summed E-state index contributed by atoms with van der Waals surface area (Å²) in [5.41, 5.74) is 4.88. The molecular formula is C27H30N4O3Si. The maximum atomic E-state index is 13.3. The molecule has 0 bridgehead atoms. The van der Waals surface area contributed by atoms with Gasteiger partial charge in [-0.3, -0.25) is 9.78 Å². The first kappa shape index (κ1) is 23.4. The second-order valence-corrected chi connectivity index (χ2v) is 16.5. The number of benzene rings is 1. The number of anilines is 2. The number of fused-ring (bicyclic) bond motifs is 2. The maximum absolute atomic E-state index is 13.3. The molecule has 2 N–H and O–H groups in total. The average molecular weight is 487 g/mol. The van der Waals surface area contributed by atoms with Gasteiger partial charge in [-0.25, -0.2) is 9.97 Å². The molecule has 0 spiro atoms. The lowest BCUT2D eigenvalue weighted by molar-refractivity contribution is 0.0990. The highest BCUT2D eigenvalue weighted by atomic mass is 28.3. The zero-order valence-electron chi connectivity index (χ0n) is 20.7. The fourth-order valence-corrected chi connectivity index (χ4v) is 7.20. The number of ketones is 1. The molecule has 4 aromatic rings. The highest BCUT2D eigenvalue weighted by Crippen LogP contribution is 2.49. The molecule has 1 unspecified atom stereocenters. The van der Waals surface area contributed by atoms with Gasteiger partial charge in [0.15, 0.2) is 23.0 Å². The highest BCUT2D eigenvalue weighted by Gasteiger charge is 2.48. The number of Topliss-reactive ketones (excluding diaryl/α,β-unsaturated/α-hetero) is 1. The Hall–Kier alpha value is -3.36. The van der Waals surface area contributed by atoms with E-state index in [1.807, 2.05) is 18.2 Å². The summed E-state index contributed by atoms with van der Waals surface area (Å²) >= 11 is 0. The van der Waals surface area contributed by atoms with Crippen molar-refractivity contribution in [3.63, 3.8) is 0 Å². The molecule has 8 heteroatoms. The summed E-state index contributed by atoms with van der Waals surface area (Å²) in [6, 6.07) is 7.87. The minimum absolute atomic E-state index is 0.0857. The lowest BCUT2D eigenvalue weighted by Crippen LogP contribution is -2.44. The monoisotopic (exact) mass is 486 g/mol. The molecule has 1 aliphatic carbocycles. The molecule has 0 radical (unpaired) electrons. The van der Waals surface area contributed by atoms with Crippen molar-refractivity contribution in [2.45, 2.75) is 57.5 Å². The van der Waals surface area contributed by atoms with Crippen molar-refractivity contribution in [1.82, 2.24) is 15.0 Å². The molecule has 3 aromatic heterocycles. The van der Waals surface area contributed by atoms with Gasteiger partial charge in [0.05, 0.1) is 26.6 Å². The normalized spacial score (nSPS) is 16.1. The minimum atomic E-state index is -1.84. The number of hydrogen-bond donors (Lipinski definition) is 2. The lowest BCUT2D eigenvalue weighted by Gasteiger charge is -2.41. The fraction of sp³-hybridized carbons (Fsp3) is 0.333. The van der Waals surface area contributed by atoms with Gasteiger partial charge in [-0.1, -0.05) is 33.9 Å². The molecule has 0 saturated carbocycles. The molecule has 0 amide bonds. The summed E-state index contributed by atoms with van der Waals surface area (Å²) < 4.78 is 6.08. The van der Waals surface area contributed by atoms with Gasteiger partial charge < -0.3 is 14.8 Å². The number of aromatic nitrogens is 3. The number of carbonyl (C=O) groups is 1. The summed E-state index contributed by atoms with van der Waals surface area (Å²) in [5, 5.41) is 13.8. The molecule has 0 saturated heterocycles. The third-order valence-corrected chi connectivity index (χ3v) is 13.8. The average Bonchev–Trinajstić information content (AvgIpc) is 3.36. The van der Waals surface area contributed by atoms with Crippen molar-refractivity contribution in [3.8, 4) is 11.6 Å². The van der Waals surface area contributed by atoms with Gasteiger partial charge in [-0.15, -0.1) is 0 Å². The Morgan fingerprint density at radius 1 is 1.14 bits per heavy atom. The number of pyridine rings is 1. The van der Waals surface area contributed by atoms with Crippen molar-refractivity contribution in [3.05, 3.63) is 65.7 Å². The molecule has 35 heavy (non-hydrogen) atoms. The molecule has 0 aliphatic heterocycles. The van der Waals surface area contributed by atoms with E-state index < -0.39 is 8.07 Å². The summed E-state index contributed by atoms with van der Waals surface area (Å²) in [7, 11) is -1.84. The number of nitrogens with one attached hydrogen (secondary N) is 1. The van der Waals surface area contributed by atoms with Crippen molar-refractivity contribution in [1.29, 1.82) is 0 Å². The van der Waals surface area contributed by atoms with Crippen LogP contribution < -0.4 is 5.32 Å². The van der Waals surface area contributed by atoms with Crippen LogP contribution in [0.3, 0.4) is 0 Å². The molecule has 7 nitrogen and oxygen atoms in total. The number of nitrogens with zero attached hydrogens (tertiary/aromatic N) is 3. The summed E-state index contributed by atoms with van der Waals surface area (Å²) in [6.45, 7) is 11.3. The van der Waals surface area contributed by atoms with E-state index in [1.54, 1.807) is 24.8 Å². The largest absolute Gasteiger partial charge is 0.449 e. The summed E-state index contributed by atoms with van der Waals surface area (Å²) in [6.07, 6.45) is 7.33. The number of carbonyl (C=O) groups excluding carboxylic acids is 1. The Balaban J connectivity index is 1.52. The molecule has 1 aromatic carbocycles. The van der Waals surface area contributed by atoms with Gasteiger partial charge in [-0.05, 0) is 41.3 Å². The number of aliphatic hydroxyl groups is 1.